The number of nitrogens with one attached hydrogen (secondary N) is 1. The Morgan fingerprint density at radius 3 is 2.56 bits per heavy atom. The molecular weight excluding hydrogens is 423 g/mol. The average Bonchev–Trinajstić information content (AvgIpc) is 2.73. The van der Waals surface area contributed by atoms with Gasteiger partial charge in [0, 0.05) is 38.0 Å². The number of hydrogen-bond donors (Lipinski definition) is 1. The van der Waals surface area contributed by atoms with Crippen molar-refractivity contribution in [2.45, 2.75) is 45.0 Å². The minimum Gasteiger partial charge on any atom is -0.487 e. The van der Waals surface area contributed by atoms with E-state index < -0.39 is 17.8 Å². The molecule has 2 aliphatic heterocycles. The van der Waals surface area contributed by atoms with Crippen molar-refractivity contribution < 1.29 is 22.7 Å². The molecule has 2 aromatic rings. The van der Waals surface area contributed by atoms with Gasteiger partial charge in [-0.3, -0.25) is 4.79 Å². The smallest absolute Gasteiger partial charge is 0.274 e. The van der Waals surface area contributed by atoms with Crippen molar-refractivity contribution in [3.05, 3.63) is 41.7 Å². The van der Waals surface area contributed by atoms with E-state index in [1.54, 1.807) is 0 Å². The van der Waals surface area contributed by atoms with Crippen LogP contribution in [0.3, 0.4) is 0 Å². The van der Waals surface area contributed by atoms with Gasteiger partial charge in [-0.05, 0) is 26.0 Å². The van der Waals surface area contributed by atoms with Gasteiger partial charge in [-0.25, -0.2) is 23.1 Å². The third-order valence-corrected chi connectivity index (χ3v) is 5.45. The Balaban J connectivity index is 1.47. The highest BCUT2D eigenvalue weighted by molar-refractivity contribution is 5.93. The van der Waals surface area contributed by atoms with Crippen LogP contribution >= 0.6 is 0 Å². The summed E-state index contributed by atoms with van der Waals surface area (Å²) in [5, 5.41) is 3.25. The lowest BCUT2D eigenvalue weighted by Gasteiger charge is -2.35. The first kappa shape index (κ1) is 22.2. The van der Waals surface area contributed by atoms with Crippen LogP contribution in [0.15, 0.2) is 24.4 Å². The van der Waals surface area contributed by atoms with Crippen molar-refractivity contribution in [3.8, 4) is 5.75 Å². The van der Waals surface area contributed by atoms with Crippen molar-refractivity contribution in [1.82, 2.24) is 14.9 Å². The van der Waals surface area contributed by atoms with Gasteiger partial charge in [-0.15, -0.1) is 0 Å². The second kappa shape index (κ2) is 9.22. The van der Waals surface area contributed by atoms with Gasteiger partial charge in [0.05, 0.1) is 19.3 Å². The maximum Gasteiger partial charge on any atom is 0.274 e. The third kappa shape index (κ3) is 4.89. The molecule has 1 N–H and O–H groups in total. The van der Waals surface area contributed by atoms with Gasteiger partial charge >= 0.3 is 0 Å². The minimum atomic E-state index is -0.988. The Morgan fingerprint density at radius 1 is 1.22 bits per heavy atom. The molecule has 0 saturated carbocycles. The highest BCUT2D eigenvalue weighted by Crippen LogP contribution is 2.29. The summed E-state index contributed by atoms with van der Waals surface area (Å²) in [5.41, 5.74) is 0.174. The average molecular weight is 449 g/mol. The number of anilines is 2. The molecule has 2 aliphatic rings. The van der Waals surface area contributed by atoms with Crippen LogP contribution in [-0.2, 0) is 0 Å². The van der Waals surface area contributed by atoms with E-state index in [4.69, 9.17) is 4.74 Å². The zero-order valence-corrected chi connectivity index (χ0v) is 18.0. The summed E-state index contributed by atoms with van der Waals surface area (Å²) < 4.78 is 45.9. The van der Waals surface area contributed by atoms with Crippen LogP contribution in [0.2, 0.25) is 0 Å². The molecule has 0 bridgehead atoms. The fourth-order valence-electron chi connectivity index (χ4n) is 3.77. The molecule has 0 unspecified atom stereocenters. The summed E-state index contributed by atoms with van der Waals surface area (Å²) in [6.07, 6.45) is 1.38. The van der Waals surface area contributed by atoms with Crippen molar-refractivity contribution >= 4 is 17.5 Å². The first-order valence-electron chi connectivity index (χ1n) is 10.7. The number of alkyl halides is 1. The van der Waals surface area contributed by atoms with E-state index in [9.17, 15) is 18.0 Å². The van der Waals surface area contributed by atoms with Crippen molar-refractivity contribution in [2.75, 3.05) is 36.4 Å². The lowest BCUT2D eigenvalue weighted by Crippen LogP contribution is -2.51. The monoisotopic (exact) mass is 449 g/mol. The Labute approximate surface area is 184 Å². The topological polar surface area (TPSA) is 70.6 Å². The zero-order valence-electron chi connectivity index (χ0n) is 18.0. The van der Waals surface area contributed by atoms with E-state index >= 15 is 0 Å². The molecule has 0 spiro atoms. The van der Waals surface area contributed by atoms with Crippen LogP contribution in [0.25, 0.3) is 0 Å². The molecule has 3 heterocycles. The summed E-state index contributed by atoms with van der Waals surface area (Å²) in [4.78, 5) is 25.0. The highest BCUT2D eigenvalue weighted by Gasteiger charge is 2.33. The summed E-state index contributed by atoms with van der Waals surface area (Å²) in [7, 11) is 0. The number of ether oxygens (including phenoxy) is 1. The van der Waals surface area contributed by atoms with E-state index in [2.05, 4.69) is 15.3 Å². The van der Waals surface area contributed by atoms with E-state index in [-0.39, 0.29) is 42.6 Å². The van der Waals surface area contributed by atoms with Gasteiger partial charge in [0.25, 0.3) is 5.91 Å². The predicted molar refractivity (Wildman–Crippen MR) is 114 cm³/mol. The Bertz CT molecular complexity index is 976. The molecule has 32 heavy (non-hydrogen) atoms. The molecule has 1 amide bonds. The number of amides is 1. The number of carbonyl (C=O) groups is 1. The maximum absolute atomic E-state index is 13.9. The fraction of sp³-hybridized carbons (Fsp3) is 0.500. The largest absolute Gasteiger partial charge is 0.487 e. The minimum absolute atomic E-state index is 0.0279. The van der Waals surface area contributed by atoms with Gasteiger partial charge < -0.3 is 19.9 Å². The van der Waals surface area contributed by atoms with Gasteiger partial charge in [0.15, 0.2) is 23.2 Å². The van der Waals surface area contributed by atoms with Crippen LogP contribution < -0.4 is 15.0 Å². The molecule has 4 rings (SSSR count). The summed E-state index contributed by atoms with van der Waals surface area (Å²) in [5.74, 6) is -0.577. The Hall–Kier alpha value is -3.04. The summed E-state index contributed by atoms with van der Waals surface area (Å²) >= 11 is 0. The number of halogens is 3. The molecule has 0 aliphatic carbocycles. The lowest BCUT2D eigenvalue weighted by molar-refractivity contribution is 0.0394. The Kier molecular flexibility index (Phi) is 6.38. The number of aromatic nitrogens is 2. The molecule has 7 nitrogen and oxygen atoms in total. The molecule has 10 heteroatoms. The number of rotatable bonds is 6. The second-order valence-corrected chi connectivity index (χ2v) is 8.41. The van der Waals surface area contributed by atoms with Gasteiger partial charge in [0.1, 0.15) is 23.8 Å². The number of likely N-dealkylation sites (tertiary alicyclic amines) is 1. The van der Waals surface area contributed by atoms with E-state index in [0.717, 1.165) is 6.07 Å². The Morgan fingerprint density at radius 2 is 1.94 bits per heavy atom. The number of carbonyl (C=O) groups excluding carboxylic acids is 1. The number of nitrogens with zero attached hydrogens (tertiary/aromatic N) is 4. The highest BCUT2D eigenvalue weighted by atomic mass is 19.1. The van der Waals surface area contributed by atoms with Crippen molar-refractivity contribution in [3.63, 3.8) is 0 Å². The lowest BCUT2D eigenvalue weighted by atomic mass is 10.1. The van der Waals surface area contributed by atoms with E-state index in [0.29, 0.717) is 37.6 Å². The molecule has 0 atom stereocenters. The number of benzene rings is 1. The van der Waals surface area contributed by atoms with Crippen LogP contribution in [0.5, 0.6) is 5.75 Å². The molecule has 1 aromatic heterocycles. The molecule has 172 valence electrons. The summed E-state index contributed by atoms with van der Waals surface area (Å²) in [6.45, 7) is 5.22. The fourth-order valence-corrected chi connectivity index (χ4v) is 3.77. The number of piperidine rings is 1. The summed E-state index contributed by atoms with van der Waals surface area (Å²) in [6, 6.07) is 3.36. The van der Waals surface area contributed by atoms with Crippen molar-refractivity contribution in [2.24, 2.45) is 0 Å². The van der Waals surface area contributed by atoms with Crippen LogP contribution in [-0.4, -0.2) is 65.3 Å². The molecule has 2 saturated heterocycles. The first-order chi connectivity index (χ1) is 15.3. The normalized spacial score (nSPS) is 17.4. The standard InChI is InChI=1S/C22H26F3N5O2/c1-13(2)27-20-21(28-18(10-26-20)22(31)30-11-15(24)12-30)29-7-5-16(6-8-29)32-19-4-3-14(23)9-17(19)25/h3-4,9-10,13,15-16H,5-8,11-12H2,1-2H3,(H,26,27). The van der Waals surface area contributed by atoms with Crippen LogP contribution in [0, 0.1) is 11.6 Å². The maximum atomic E-state index is 13.9. The van der Waals surface area contributed by atoms with Crippen LogP contribution in [0.1, 0.15) is 37.2 Å². The van der Waals surface area contributed by atoms with E-state index in [1.807, 2.05) is 18.7 Å². The first-order valence-corrected chi connectivity index (χ1v) is 10.7. The SMILES string of the molecule is CC(C)Nc1ncc(C(=O)N2CC(F)C2)nc1N1CCC(Oc2ccc(F)cc2F)CC1. The third-order valence-electron chi connectivity index (χ3n) is 5.45. The van der Waals surface area contributed by atoms with Crippen molar-refractivity contribution in [1.29, 1.82) is 0 Å². The molecular formula is C22H26F3N5O2. The number of hydrogen-bond acceptors (Lipinski definition) is 6. The van der Waals surface area contributed by atoms with E-state index in [1.165, 1.54) is 23.2 Å². The van der Waals surface area contributed by atoms with Gasteiger partial charge in [0.2, 0.25) is 0 Å². The van der Waals surface area contributed by atoms with Gasteiger partial charge in [-0.2, -0.15) is 0 Å². The molecule has 2 fully saturated rings. The van der Waals surface area contributed by atoms with Gasteiger partial charge in [-0.1, -0.05) is 0 Å². The second-order valence-electron chi connectivity index (χ2n) is 8.41. The van der Waals surface area contributed by atoms with Crippen LogP contribution in [0.4, 0.5) is 24.8 Å². The quantitative estimate of drug-likeness (QED) is 0.729. The predicted octanol–water partition coefficient (Wildman–Crippen LogP) is 3.42. The zero-order chi connectivity index (χ0) is 22.8. The molecule has 0 radical (unpaired) electrons. The molecule has 1 aromatic carbocycles.